The summed E-state index contributed by atoms with van der Waals surface area (Å²) in [4.78, 5) is 6.95. The number of aliphatic hydroxyl groups is 1. The Labute approximate surface area is 160 Å². The second-order valence-corrected chi connectivity index (χ2v) is 7.13. The summed E-state index contributed by atoms with van der Waals surface area (Å²) in [7, 11) is 1.68. The first kappa shape index (κ1) is 18.0. The lowest BCUT2D eigenvalue weighted by atomic mass is 9.95. The molecule has 3 heterocycles. The lowest BCUT2D eigenvalue weighted by Crippen LogP contribution is -2.36. The second-order valence-electron chi connectivity index (χ2n) is 7.13. The number of hydrogen-bond donors (Lipinski definition) is 1. The number of likely N-dealkylation sites (tertiary alicyclic amines) is 1. The van der Waals surface area contributed by atoms with Crippen LogP contribution >= 0.6 is 0 Å². The van der Waals surface area contributed by atoms with Gasteiger partial charge in [0.25, 0.3) is 0 Å². The first-order valence-electron chi connectivity index (χ1n) is 9.60. The lowest BCUT2D eigenvalue weighted by Gasteiger charge is -2.29. The Hall–Kier alpha value is -2.37. The predicted molar refractivity (Wildman–Crippen MR) is 105 cm³/mol. The molecule has 0 saturated carbocycles. The average Bonchev–Trinajstić information content (AvgIpc) is 2.86. The zero-order valence-electron chi connectivity index (χ0n) is 15.7. The fourth-order valence-electron chi connectivity index (χ4n) is 3.82. The largest absolute Gasteiger partial charge is 0.497 e. The highest BCUT2D eigenvalue weighted by Gasteiger charge is 2.21. The molecule has 0 amide bonds. The molecule has 1 saturated heterocycles. The van der Waals surface area contributed by atoms with E-state index in [0.29, 0.717) is 6.61 Å². The summed E-state index contributed by atoms with van der Waals surface area (Å²) in [6, 6.07) is 10.0. The van der Waals surface area contributed by atoms with Gasteiger partial charge in [0.15, 0.2) is 0 Å². The van der Waals surface area contributed by atoms with Crippen molar-refractivity contribution in [3.05, 3.63) is 59.4 Å². The number of rotatable bonds is 4. The average molecular weight is 366 g/mol. The topological polar surface area (TPSA) is 54.8 Å². The molecule has 1 aromatic heterocycles. The maximum Gasteiger partial charge on any atom is 0.131 e. The lowest BCUT2D eigenvalue weighted by molar-refractivity contribution is 0.0835. The standard InChI is InChI=1S/C22H26N2O3/c1-26-17-6-7-22-20(14-17)18(19-4-2-10-23-21(19)15-27-22)5-3-11-24-12-8-16(25)9-13-24/h2,4-7,10,14,16,25H,3,8-9,11-13,15H2,1H3. The van der Waals surface area contributed by atoms with Crippen LogP contribution in [0.3, 0.4) is 0 Å². The SMILES string of the molecule is COc1ccc2c(c1)C(=CCCN1CCC(O)CC1)c1cccnc1CO2. The number of pyridine rings is 1. The van der Waals surface area contributed by atoms with E-state index in [1.165, 1.54) is 0 Å². The third-order valence-electron chi connectivity index (χ3n) is 5.37. The summed E-state index contributed by atoms with van der Waals surface area (Å²) in [5.41, 5.74) is 4.29. The van der Waals surface area contributed by atoms with E-state index in [0.717, 1.165) is 72.8 Å². The number of methoxy groups -OCH3 is 1. The highest BCUT2D eigenvalue weighted by Crippen LogP contribution is 2.38. The minimum absolute atomic E-state index is 0.129. The Balaban J connectivity index is 1.63. The van der Waals surface area contributed by atoms with Gasteiger partial charge in [-0.1, -0.05) is 12.1 Å². The molecule has 0 unspecified atom stereocenters. The van der Waals surface area contributed by atoms with Gasteiger partial charge in [-0.3, -0.25) is 4.98 Å². The molecular weight excluding hydrogens is 340 g/mol. The van der Waals surface area contributed by atoms with Gasteiger partial charge in [-0.15, -0.1) is 0 Å². The van der Waals surface area contributed by atoms with Crippen molar-refractivity contribution in [3.8, 4) is 11.5 Å². The van der Waals surface area contributed by atoms with Crippen LogP contribution in [0.2, 0.25) is 0 Å². The van der Waals surface area contributed by atoms with Gasteiger partial charge in [0.1, 0.15) is 18.1 Å². The van der Waals surface area contributed by atoms with Crippen molar-refractivity contribution in [2.75, 3.05) is 26.7 Å². The van der Waals surface area contributed by atoms with Gasteiger partial charge >= 0.3 is 0 Å². The summed E-state index contributed by atoms with van der Waals surface area (Å²) in [6.45, 7) is 3.40. The van der Waals surface area contributed by atoms with E-state index in [4.69, 9.17) is 9.47 Å². The zero-order valence-corrected chi connectivity index (χ0v) is 15.7. The van der Waals surface area contributed by atoms with Gasteiger partial charge in [0.2, 0.25) is 0 Å². The van der Waals surface area contributed by atoms with Crippen molar-refractivity contribution in [1.29, 1.82) is 0 Å². The van der Waals surface area contributed by atoms with E-state index in [9.17, 15) is 5.11 Å². The molecule has 2 aliphatic rings. The minimum atomic E-state index is -0.129. The maximum absolute atomic E-state index is 9.68. The molecule has 27 heavy (non-hydrogen) atoms. The van der Waals surface area contributed by atoms with Crippen LogP contribution in [0.15, 0.2) is 42.6 Å². The van der Waals surface area contributed by atoms with Crippen molar-refractivity contribution in [3.63, 3.8) is 0 Å². The first-order chi connectivity index (χ1) is 13.2. The van der Waals surface area contributed by atoms with Crippen LogP contribution in [0, 0.1) is 0 Å². The molecule has 0 aliphatic carbocycles. The van der Waals surface area contributed by atoms with Gasteiger partial charge in [-0.25, -0.2) is 0 Å². The van der Waals surface area contributed by atoms with E-state index in [1.54, 1.807) is 7.11 Å². The quantitative estimate of drug-likeness (QED) is 0.900. The number of ether oxygens (including phenoxy) is 2. The normalized spacial score (nSPS) is 19.1. The summed E-state index contributed by atoms with van der Waals surface area (Å²) in [5.74, 6) is 1.68. The monoisotopic (exact) mass is 366 g/mol. The number of fused-ring (bicyclic) bond motifs is 2. The van der Waals surface area contributed by atoms with E-state index in [-0.39, 0.29) is 6.10 Å². The summed E-state index contributed by atoms with van der Waals surface area (Å²) in [6.07, 6.45) is 6.66. The van der Waals surface area contributed by atoms with Crippen LogP contribution in [0.5, 0.6) is 11.5 Å². The van der Waals surface area contributed by atoms with Crippen LogP contribution in [0.25, 0.3) is 5.57 Å². The molecule has 0 bridgehead atoms. The first-order valence-corrected chi connectivity index (χ1v) is 9.60. The molecule has 0 spiro atoms. The molecule has 1 N–H and O–H groups in total. The summed E-state index contributed by atoms with van der Waals surface area (Å²) in [5, 5.41) is 9.68. The Kier molecular flexibility index (Phi) is 5.41. The van der Waals surface area contributed by atoms with E-state index in [1.807, 2.05) is 30.5 Å². The fourth-order valence-corrected chi connectivity index (χ4v) is 3.82. The van der Waals surface area contributed by atoms with Crippen molar-refractivity contribution in [2.45, 2.75) is 32.0 Å². The van der Waals surface area contributed by atoms with E-state index < -0.39 is 0 Å². The molecular formula is C22H26N2O3. The summed E-state index contributed by atoms with van der Waals surface area (Å²) >= 11 is 0. The van der Waals surface area contributed by atoms with Crippen LogP contribution in [-0.2, 0) is 6.61 Å². The zero-order chi connectivity index (χ0) is 18.6. The smallest absolute Gasteiger partial charge is 0.131 e. The molecule has 5 heteroatoms. The van der Waals surface area contributed by atoms with Gasteiger partial charge in [-0.05, 0) is 49.1 Å². The van der Waals surface area contributed by atoms with Crippen LogP contribution < -0.4 is 9.47 Å². The molecule has 2 aromatic rings. The minimum Gasteiger partial charge on any atom is -0.497 e. The van der Waals surface area contributed by atoms with E-state index in [2.05, 4.69) is 22.0 Å². The Morgan fingerprint density at radius 2 is 2.11 bits per heavy atom. The van der Waals surface area contributed by atoms with Gasteiger partial charge in [0, 0.05) is 37.0 Å². The molecule has 142 valence electrons. The number of aromatic nitrogens is 1. The van der Waals surface area contributed by atoms with Crippen LogP contribution in [-0.4, -0.2) is 47.8 Å². The van der Waals surface area contributed by atoms with Gasteiger partial charge in [-0.2, -0.15) is 0 Å². The molecule has 0 radical (unpaired) electrons. The van der Waals surface area contributed by atoms with Crippen molar-refractivity contribution < 1.29 is 14.6 Å². The number of hydrogen-bond acceptors (Lipinski definition) is 5. The Bertz CT molecular complexity index is 826. The number of aliphatic hydroxyl groups excluding tert-OH is 1. The predicted octanol–water partition coefficient (Wildman–Crippen LogP) is 3.26. The number of benzene rings is 1. The Morgan fingerprint density at radius 1 is 1.26 bits per heavy atom. The third-order valence-corrected chi connectivity index (χ3v) is 5.37. The number of piperidine rings is 1. The van der Waals surface area contributed by atoms with Gasteiger partial charge < -0.3 is 19.5 Å². The molecule has 1 fully saturated rings. The number of nitrogens with zero attached hydrogens (tertiary/aromatic N) is 2. The maximum atomic E-state index is 9.68. The highest BCUT2D eigenvalue weighted by molar-refractivity contribution is 5.85. The van der Waals surface area contributed by atoms with Crippen molar-refractivity contribution in [1.82, 2.24) is 9.88 Å². The van der Waals surface area contributed by atoms with Crippen molar-refractivity contribution in [2.24, 2.45) is 0 Å². The molecule has 1 aromatic carbocycles. The van der Waals surface area contributed by atoms with Crippen LogP contribution in [0.1, 0.15) is 36.1 Å². The van der Waals surface area contributed by atoms with Crippen LogP contribution in [0.4, 0.5) is 0 Å². The fraction of sp³-hybridized carbons (Fsp3) is 0.409. The van der Waals surface area contributed by atoms with E-state index >= 15 is 0 Å². The second kappa shape index (κ2) is 8.11. The third kappa shape index (κ3) is 3.99. The Morgan fingerprint density at radius 3 is 2.93 bits per heavy atom. The highest BCUT2D eigenvalue weighted by atomic mass is 16.5. The molecule has 5 nitrogen and oxygen atoms in total. The molecule has 2 aliphatic heterocycles. The summed E-state index contributed by atoms with van der Waals surface area (Å²) < 4.78 is 11.5. The molecule has 0 atom stereocenters. The van der Waals surface area contributed by atoms with Gasteiger partial charge in [0.05, 0.1) is 18.9 Å². The van der Waals surface area contributed by atoms with Crippen molar-refractivity contribution >= 4 is 5.57 Å². The molecule has 4 rings (SSSR count).